The molecule has 0 spiro atoms. The van der Waals surface area contributed by atoms with Crippen LogP contribution in [0.5, 0.6) is 0 Å². The molecular weight excluding hydrogens is 274 g/mol. The van der Waals surface area contributed by atoms with E-state index in [4.69, 9.17) is 14.9 Å². The minimum Gasteiger partial charge on any atom is -0.481 e. The molecule has 1 heterocycles. The Morgan fingerprint density at radius 2 is 1.79 bits per heavy atom. The third-order valence-corrected chi connectivity index (χ3v) is 3.14. The van der Waals surface area contributed by atoms with E-state index >= 15 is 0 Å². The van der Waals surface area contributed by atoms with Gasteiger partial charge in [-0.05, 0) is 0 Å². The van der Waals surface area contributed by atoms with Crippen molar-refractivity contribution < 1.29 is 24.5 Å². The first-order chi connectivity index (χ1) is 9.02. The van der Waals surface area contributed by atoms with Crippen LogP contribution in [0.1, 0.15) is 17.8 Å². The molecule has 0 fully saturated rings. The maximum Gasteiger partial charge on any atom is 0.305 e. The van der Waals surface area contributed by atoms with E-state index in [0.29, 0.717) is 16.7 Å². The van der Waals surface area contributed by atoms with Gasteiger partial charge in [0.1, 0.15) is 11.6 Å². The number of anilines is 1. The van der Waals surface area contributed by atoms with Crippen LogP contribution in [0.25, 0.3) is 0 Å². The maximum atomic E-state index is 10.6. The second-order valence-electron chi connectivity index (χ2n) is 3.69. The topological polar surface area (TPSA) is 113 Å². The van der Waals surface area contributed by atoms with Crippen molar-refractivity contribution in [2.45, 2.75) is 19.4 Å². The summed E-state index contributed by atoms with van der Waals surface area (Å²) in [5.41, 5.74) is 0. The number of methoxy groups -OCH3 is 1. The van der Waals surface area contributed by atoms with Gasteiger partial charge < -0.3 is 19.8 Å². The summed E-state index contributed by atoms with van der Waals surface area (Å²) in [4.78, 5) is 22.8. The molecule has 0 radical (unpaired) electrons. The van der Waals surface area contributed by atoms with Crippen molar-refractivity contribution in [3.8, 4) is 0 Å². The van der Waals surface area contributed by atoms with Crippen LogP contribution in [-0.2, 0) is 20.9 Å². The highest BCUT2D eigenvalue weighted by Crippen LogP contribution is 2.21. The van der Waals surface area contributed by atoms with E-state index in [9.17, 15) is 9.59 Å². The van der Waals surface area contributed by atoms with Gasteiger partial charge in [0.25, 0.3) is 0 Å². The van der Waals surface area contributed by atoms with Gasteiger partial charge in [-0.3, -0.25) is 9.59 Å². The Bertz CT molecular complexity index is 419. The number of aliphatic carboxylic acids is 2. The molecule has 1 aromatic rings. The van der Waals surface area contributed by atoms with Gasteiger partial charge in [-0.1, -0.05) is 11.3 Å². The molecule has 0 amide bonds. The molecule has 8 nitrogen and oxygen atoms in total. The number of aromatic nitrogens is 2. The van der Waals surface area contributed by atoms with Gasteiger partial charge in [-0.2, -0.15) is 0 Å². The van der Waals surface area contributed by atoms with Gasteiger partial charge in [-0.25, -0.2) is 0 Å². The van der Waals surface area contributed by atoms with Crippen molar-refractivity contribution in [3.05, 3.63) is 5.01 Å². The van der Waals surface area contributed by atoms with E-state index in [1.165, 1.54) is 18.4 Å². The van der Waals surface area contributed by atoms with Crippen LogP contribution in [-0.4, -0.2) is 52.5 Å². The van der Waals surface area contributed by atoms with Gasteiger partial charge >= 0.3 is 11.9 Å². The monoisotopic (exact) mass is 289 g/mol. The van der Waals surface area contributed by atoms with Gasteiger partial charge in [0.2, 0.25) is 5.13 Å². The Hall–Kier alpha value is -1.74. The molecule has 0 aliphatic carbocycles. The standard InChI is InChI=1S/C10H15N3O5S/c1-18-6-7-11-12-10(19-7)13(4-2-8(14)15)5-3-9(16)17/h2-6H2,1H3,(H,14,15)(H,16,17). The lowest BCUT2D eigenvalue weighted by molar-refractivity contribution is -0.137. The molecular formula is C10H15N3O5S. The number of carboxylic acid groups (broad SMARTS) is 2. The zero-order valence-electron chi connectivity index (χ0n) is 10.4. The summed E-state index contributed by atoms with van der Waals surface area (Å²) in [5, 5.41) is 26.3. The van der Waals surface area contributed by atoms with Crippen molar-refractivity contribution in [2.24, 2.45) is 0 Å². The summed E-state index contributed by atoms with van der Waals surface area (Å²) in [5.74, 6) is -1.89. The van der Waals surface area contributed by atoms with Crippen molar-refractivity contribution in [2.75, 3.05) is 25.1 Å². The number of hydrogen-bond acceptors (Lipinski definition) is 7. The molecule has 9 heteroatoms. The first-order valence-electron chi connectivity index (χ1n) is 5.52. The summed E-state index contributed by atoms with van der Waals surface area (Å²) >= 11 is 1.26. The molecule has 19 heavy (non-hydrogen) atoms. The number of hydrogen-bond donors (Lipinski definition) is 2. The minimum absolute atomic E-state index is 0.0845. The fourth-order valence-corrected chi connectivity index (χ4v) is 2.18. The van der Waals surface area contributed by atoms with Crippen molar-refractivity contribution in [1.82, 2.24) is 10.2 Å². The van der Waals surface area contributed by atoms with Crippen LogP contribution in [0, 0.1) is 0 Å². The molecule has 0 aromatic carbocycles. The Morgan fingerprint density at radius 3 is 2.26 bits per heavy atom. The van der Waals surface area contributed by atoms with Crippen LogP contribution >= 0.6 is 11.3 Å². The molecule has 0 atom stereocenters. The molecule has 0 aliphatic heterocycles. The van der Waals surface area contributed by atoms with E-state index in [2.05, 4.69) is 10.2 Å². The van der Waals surface area contributed by atoms with Crippen LogP contribution in [0.15, 0.2) is 0 Å². The summed E-state index contributed by atoms with van der Waals surface area (Å²) < 4.78 is 4.92. The average Bonchev–Trinajstić information content (AvgIpc) is 2.77. The maximum absolute atomic E-state index is 10.6. The molecule has 0 saturated carbocycles. The number of ether oxygens (including phenoxy) is 1. The summed E-state index contributed by atoms with van der Waals surface area (Å²) in [6, 6.07) is 0. The smallest absolute Gasteiger partial charge is 0.305 e. The SMILES string of the molecule is COCc1nnc(N(CCC(=O)O)CCC(=O)O)s1. The van der Waals surface area contributed by atoms with E-state index < -0.39 is 11.9 Å². The van der Waals surface area contributed by atoms with Gasteiger partial charge in [-0.15, -0.1) is 10.2 Å². The minimum atomic E-state index is -0.943. The Balaban J connectivity index is 2.68. The zero-order valence-corrected chi connectivity index (χ0v) is 11.2. The third-order valence-electron chi connectivity index (χ3n) is 2.19. The van der Waals surface area contributed by atoms with Crippen LogP contribution in [0.2, 0.25) is 0 Å². The highest BCUT2D eigenvalue weighted by atomic mass is 32.1. The molecule has 0 aliphatic rings. The number of carbonyl (C=O) groups is 2. The van der Waals surface area contributed by atoms with Gasteiger partial charge in [0.05, 0.1) is 12.8 Å². The predicted molar refractivity (Wildman–Crippen MR) is 67.3 cm³/mol. The molecule has 106 valence electrons. The predicted octanol–water partition coefficient (Wildman–Crippen LogP) is 0.440. The van der Waals surface area contributed by atoms with Gasteiger partial charge in [0, 0.05) is 20.2 Å². The first-order valence-corrected chi connectivity index (χ1v) is 6.34. The van der Waals surface area contributed by atoms with Crippen LogP contribution < -0.4 is 4.90 Å². The van der Waals surface area contributed by atoms with E-state index in [0.717, 1.165) is 0 Å². The lowest BCUT2D eigenvalue weighted by atomic mass is 10.3. The van der Waals surface area contributed by atoms with Gasteiger partial charge in [0.15, 0.2) is 0 Å². The second-order valence-corrected chi connectivity index (χ2v) is 4.73. The summed E-state index contributed by atoms with van der Waals surface area (Å²) in [7, 11) is 1.54. The molecule has 2 N–H and O–H groups in total. The Kier molecular flexibility index (Phi) is 6.16. The molecule has 1 aromatic heterocycles. The summed E-state index contributed by atoms with van der Waals surface area (Å²) in [6.45, 7) is 0.720. The first kappa shape index (κ1) is 15.3. The van der Waals surface area contributed by atoms with Crippen LogP contribution in [0.3, 0.4) is 0 Å². The fourth-order valence-electron chi connectivity index (χ4n) is 1.32. The second kappa shape index (κ2) is 7.64. The largest absolute Gasteiger partial charge is 0.481 e. The third kappa shape index (κ3) is 5.62. The van der Waals surface area contributed by atoms with E-state index in [-0.39, 0.29) is 25.9 Å². The highest BCUT2D eigenvalue weighted by Gasteiger charge is 2.15. The Morgan fingerprint density at radius 1 is 1.21 bits per heavy atom. The molecule has 0 bridgehead atoms. The number of nitrogens with zero attached hydrogens (tertiary/aromatic N) is 3. The quantitative estimate of drug-likeness (QED) is 0.673. The molecule has 1 rings (SSSR count). The lowest BCUT2D eigenvalue weighted by Gasteiger charge is -2.19. The Labute approximate surface area is 113 Å². The number of carboxylic acids is 2. The van der Waals surface area contributed by atoms with E-state index in [1.807, 2.05) is 0 Å². The zero-order chi connectivity index (χ0) is 14.3. The lowest BCUT2D eigenvalue weighted by Crippen LogP contribution is -2.28. The summed E-state index contributed by atoms with van der Waals surface area (Å²) in [6.07, 6.45) is -0.169. The van der Waals surface area contributed by atoms with Crippen LogP contribution in [0.4, 0.5) is 5.13 Å². The van der Waals surface area contributed by atoms with Crippen molar-refractivity contribution in [1.29, 1.82) is 0 Å². The molecule has 0 saturated heterocycles. The molecule has 0 unspecified atom stereocenters. The highest BCUT2D eigenvalue weighted by molar-refractivity contribution is 7.15. The fraction of sp³-hybridized carbons (Fsp3) is 0.600. The van der Waals surface area contributed by atoms with E-state index in [1.54, 1.807) is 4.90 Å². The van der Waals surface area contributed by atoms with Crippen molar-refractivity contribution in [3.63, 3.8) is 0 Å². The normalized spacial score (nSPS) is 10.4. The number of rotatable bonds is 9. The average molecular weight is 289 g/mol. The van der Waals surface area contributed by atoms with Crippen molar-refractivity contribution >= 4 is 28.4 Å².